The van der Waals surface area contributed by atoms with Gasteiger partial charge in [0.1, 0.15) is 6.04 Å². The first kappa shape index (κ1) is 13.2. The molecule has 0 aromatic heterocycles. The molecule has 1 atom stereocenters. The van der Waals surface area contributed by atoms with Crippen LogP contribution in [0.25, 0.3) is 0 Å². The van der Waals surface area contributed by atoms with Crippen molar-refractivity contribution >= 4 is 5.97 Å². The van der Waals surface area contributed by atoms with Crippen LogP contribution in [0.15, 0.2) is 12.2 Å². The van der Waals surface area contributed by atoms with Crippen LogP contribution in [0.2, 0.25) is 0 Å². The van der Waals surface area contributed by atoms with E-state index in [1.165, 1.54) is 20.0 Å². The van der Waals surface area contributed by atoms with Gasteiger partial charge in [0.25, 0.3) is 0 Å². The molecule has 1 aliphatic carbocycles. The SMILES string of the molecule is COC(=O)C(N)C=CCC1(C(C)(C)C)CC1. The van der Waals surface area contributed by atoms with E-state index < -0.39 is 6.04 Å². The number of hydrogen-bond acceptors (Lipinski definition) is 3. The van der Waals surface area contributed by atoms with Crippen molar-refractivity contribution in [3.05, 3.63) is 12.2 Å². The van der Waals surface area contributed by atoms with Crippen LogP contribution in [-0.2, 0) is 9.53 Å². The van der Waals surface area contributed by atoms with E-state index in [1.807, 2.05) is 6.08 Å². The standard InChI is InChI=1S/C13H23NO2/c1-12(2,3)13(8-9-13)7-5-6-10(14)11(15)16-4/h5-6,10H,7-9,14H2,1-4H3. The topological polar surface area (TPSA) is 52.3 Å². The van der Waals surface area contributed by atoms with Crippen LogP contribution < -0.4 is 5.73 Å². The zero-order valence-electron chi connectivity index (χ0n) is 10.7. The summed E-state index contributed by atoms with van der Waals surface area (Å²) in [7, 11) is 1.35. The van der Waals surface area contributed by atoms with Crippen LogP contribution in [0.5, 0.6) is 0 Å². The van der Waals surface area contributed by atoms with Gasteiger partial charge in [-0.25, -0.2) is 0 Å². The summed E-state index contributed by atoms with van der Waals surface area (Å²) in [5.74, 6) is -0.378. The summed E-state index contributed by atoms with van der Waals surface area (Å²) < 4.78 is 4.56. The summed E-state index contributed by atoms with van der Waals surface area (Å²) in [5.41, 5.74) is 6.37. The molecule has 0 saturated heterocycles. The third-order valence-corrected chi connectivity index (χ3v) is 3.77. The molecule has 1 saturated carbocycles. The number of hydrogen-bond donors (Lipinski definition) is 1. The third-order valence-electron chi connectivity index (χ3n) is 3.77. The van der Waals surface area contributed by atoms with Gasteiger partial charge in [0, 0.05) is 0 Å². The highest BCUT2D eigenvalue weighted by atomic mass is 16.5. The van der Waals surface area contributed by atoms with Gasteiger partial charge >= 0.3 is 5.97 Å². The zero-order valence-corrected chi connectivity index (χ0v) is 10.7. The Morgan fingerprint density at radius 2 is 2.06 bits per heavy atom. The average molecular weight is 225 g/mol. The highest BCUT2D eigenvalue weighted by Gasteiger charge is 2.50. The Morgan fingerprint density at radius 1 is 1.50 bits per heavy atom. The number of rotatable bonds is 4. The molecule has 0 heterocycles. The maximum atomic E-state index is 11.1. The molecule has 0 amide bonds. The summed E-state index contributed by atoms with van der Waals surface area (Å²) in [6.07, 6.45) is 7.32. The number of carbonyl (C=O) groups is 1. The van der Waals surface area contributed by atoms with Crippen molar-refractivity contribution in [3.63, 3.8) is 0 Å². The van der Waals surface area contributed by atoms with E-state index in [0.717, 1.165) is 6.42 Å². The first-order valence-electron chi connectivity index (χ1n) is 5.82. The summed E-state index contributed by atoms with van der Waals surface area (Å²) in [6.45, 7) is 6.82. The van der Waals surface area contributed by atoms with Gasteiger partial charge < -0.3 is 10.5 Å². The van der Waals surface area contributed by atoms with Crippen LogP contribution in [0, 0.1) is 10.8 Å². The second kappa shape index (κ2) is 4.58. The molecule has 0 spiro atoms. The molecular formula is C13H23NO2. The lowest BCUT2D eigenvalue weighted by molar-refractivity contribution is -0.140. The summed E-state index contributed by atoms with van der Waals surface area (Å²) in [6, 6.07) is -0.624. The van der Waals surface area contributed by atoms with E-state index in [1.54, 1.807) is 6.08 Å². The molecule has 1 unspecified atom stereocenters. The largest absolute Gasteiger partial charge is 0.468 e. The van der Waals surface area contributed by atoms with Crippen molar-refractivity contribution in [2.75, 3.05) is 7.11 Å². The fourth-order valence-electron chi connectivity index (χ4n) is 2.07. The summed E-state index contributed by atoms with van der Waals surface area (Å²) in [5, 5.41) is 0. The van der Waals surface area contributed by atoms with Crippen molar-refractivity contribution in [2.45, 2.75) is 46.1 Å². The molecule has 1 fully saturated rings. The van der Waals surface area contributed by atoms with Crippen molar-refractivity contribution in [1.82, 2.24) is 0 Å². The first-order valence-corrected chi connectivity index (χ1v) is 5.82. The van der Waals surface area contributed by atoms with Crippen molar-refractivity contribution in [1.29, 1.82) is 0 Å². The van der Waals surface area contributed by atoms with E-state index in [4.69, 9.17) is 5.73 Å². The molecule has 0 radical (unpaired) electrons. The molecular weight excluding hydrogens is 202 g/mol. The van der Waals surface area contributed by atoms with Gasteiger partial charge in [-0.05, 0) is 30.1 Å². The second-order valence-corrected chi connectivity index (χ2v) is 5.71. The third kappa shape index (κ3) is 2.85. The van der Waals surface area contributed by atoms with Gasteiger partial charge in [-0.1, -0.05) is 32.9 Å². The van der Waals surface area contributed by atoms with E-state index in [2.05, 4.69) is 25.5 Å². The predicted molar refractivity (Wildman–Crippen MR) is 64.9 cm³/mol. The lowest BCUT2D eigenvalue weighted by Gasteiger charge is -2.30. The smallest absolute Gasteiger partial charge is 0.326 e. The van der Waals surface area contributed by atoms with E-state index in [-0.39, 0.29) is 5.97 Å². The number of allylic oxidation sites excluding steroid dienone is 1. The van der Waals surface area contributed by atoms with Crippen molar-refractivity contribution < 1.29 is 9.53 Å². The summed E-state index contributed by atoms with van der Waals surface area (Å²) in [4.78, 5) is 11.1. The fraction of sp³-hybridized carbons (Fsp3) is 0.769. The molecule has 0 aromatic carbocycles. The van der Waals surface area contributed by atoms with Gasteiger partial charge in [-0.3, -0.25) is 4.79 Å². The highest BCUT2D eigenvalue weighted by Crippen LogP contribution is 2.60. The number of carbonyl (C=O) groups excluding carboxylic acids is 1. The fourth-order valence-corrected chi connectivity index (χ4v) is 2.07. The lowest BCUT2D eigenvalue weighted by Crippen LogP contribution is -2.29. The van der Waals surface area contributed by atoms with Crippen LogP contribution >= 0.6 is 0 Å². The van der Waals surface area contributed by atoms with Crippen LogP contribution in [0.4, 0.5) is 0 Å². The lowest BCUT2D eigenvalue weighted by atomic mass is 9.75. The van der Waals surface area contributed by atoms with Crippen LogP contribution in [-0.4, -0.2) is 19.1 Å². The first-order chi connectivity index (χ1) is 7.32. The van der Waals surface area contributed by atoms with Gasteiger partial charge in [-0.2, -0.15) is 0 Å². The van der Waals surface area contributed by atoms with Crippen molar-refractivity contribution in [2.24, 2.45) is 16.6 Å². The quantitative estimate of drug-likeness (QED) is 0.590. The Hall–Kier alpha value is -0.830. The Balaban J connectivity index is 2.46. The monoisotopic (exact) mass is 225 g/mol. The normalized spacial score (nSPS) is 20.8. The average Bonchev–Trinajstić information content (AvgIpc) is 2.96. The van der Waals surface area contributed by atoms with Crippen molar-refractivity contribution in [3.8, 4) is 0 Å². The minimum absolute atomic E-state index is 0.326. The highest BCUT2D eigenvalue weighted by molar-refractivity contribution is 5.77. The Kier molecular flexibility index (Phi) is 3.79. The summed E-state index contributed by atoms with van der Waals surface area (Å²) >= 11 is 0. The predicted octanol–water partition coefficient (Wildman–Crippen LogP) is 2.26. The number of ether oxygens (including phenoxy) is 1. The van der Waals surface area contributed by atoms with Gasteiger partial charge in [0.05, 0.1) is 7.11 Å². The molecule has 0 aliphatic heterocycles. The van der Waals surface area contributed by atoms with Gasteiger partial charge in [0.2, 0.25) is 0 Å². The Morgan fingerprint density at radius 3 is 2.44 bits per heavy atom. The maximum absolute atomic E-state index is 11.1. The van der Waals surface area contributed by atoms with Crippen LogP contribution in [0.1, 0.15) is 40.0 Å². The molecule has 0 bridgehead atoms. The molecule has 0 aromatic rings. The van der Waals surface area contributed by atoms with E-state index in [9.17, 15) is 4.79 Å². The minimum atomic E-state index is -0.624. The minimum Gasteiger partial charge on any atom is -0.468 e. The number of nitrogens with two attached hydrogens (primary N) is 1. The molecule has 2 N–H and O–H groups in total. The van der Waals surface area contributed by atoms with E-state index >= 15 is 0 Å². The molecule has 1 aliphatic rings. The Bertz CT molecular complexity index is 285. The number of methoxy groups -OCH3 is 1. The van der Waals surface area contributed by atoms with Crippen LogP contribution in [0.3, 0.4) is 0 Å². The maximum Gasteiger partial charge on any atom is 0.326 e. The Labute approximate surface area is 98.0 Å². The molecule has 16 heavy (non-hydrogen) atoms. The number of esters is 1. The molecule has 1 rings (SSSR count). The van der Waals surface area contributed by atoms with E-state index in [0.29, 0.717) is 10.8 Å². The zero-order chi connectivity index (χ0) is 12.4. The van der Waals surface area contributed by atoms with Gasteiger partial charge in [-0.15, -0.1) is 0 Å². The molecule has 3 heteroatoms. The van der Waals surface area contributed by atoms with Gasteiger partial charge in [0.15, 0.2) is 0 Å². The molecule has 92 valence electrons. The molecule has 3 nitrogen and oxygen atoms in total. The second-order valence-electron chi connectivity index (χ2n) is 5.71.